The van der Waals surface area contributed by atoms with Crippen molar-refractivity contribution in [3.63, 3.8) is 0 Å². The number of piperazine rings is 2. The number of aromatic nitrogens is 10. The predicted octanol–water partition coefficient (Wildman–Crippen LogP) is 1.64. The molecule has 6 aromatic rings. The fourth-order valence-electron chi connectivity index (χ4n) is 9.05. The average Bonchev–Trinajstić information content (AvgIpc) is 4.23. The normalized spacial score (nSPS) is 16.2. The summed E-state index contributed by atoms with van der Waals surface area (Å²) in [5, 5.41) is 41.0. The number of aliphatic hydroxyl groups is 1. The summed E-state index contributed by atoms with van der Waals surface area (Å²) in [5.41, 5.74) is 16.4. The Bertz CT molecular complexity index is 2770. The van der Waals surface area contributed by atoms with Gasteiger partial charge in [-0.15, -0.1) is 16.6 Å². The first-order chi connectivity index (χ1) is 36.5. The van der Waals surface area contributed by atoms with E-state index in [1.807, 2.05) is 64.9 Å². The number of para-hydroxylation sites is 1. The summed E-state index contributed by atoms with van der Waals surface area (Å²) in [7, 11) is 0. The number of terminal acetylenes is 1. The highest BCUT2D eigenvalue weighted by molar-refractivity contribution is 5.83. The van der Waals surface area contributed by atoms with Crippen LogP contribution in [-0.4, -0.2) is 187 Å². The average molecular weight is 1030 g/mol. The van der Waals surface area contributed by atoms with E-state index in [0.717, 1.165) is 28.6 Å². The highest BCUT2D eigenvalue weighted by Gasteiger charge is 2.35. The van der Waals surface area contributed by atoms with E-state index in [0.29, 0.717) is 134 Å². The van der Waals surface area contributed by atoms with Crippen LogP contribution in [0.4, 0.5) is 17.8 Å². The van der Waals surface area contributed by atoms with Gasteiger partial charge in [0, 0.05) is 76.5 Å². The summed E-state index contributed by atoms with van der Waals surface area (Å²) in [6.07, 6.45) is 10.2. The van der Waals surface area contributed by atoms with Gasteiger partial charge in [0.25, 0.3) is 0 Å². The van der Waals surface area contributed by atoms with Gasteiger partial charge in [-0.25, -0.2) is 9.36 Å². The zero-order valence-electron chi connectivity index (χ0n) is 42.7. The lowest BCUT2D eigenvalue weighted by Crippen LogP contribution is -2.52. The Kier molecular flexibility index (Phi) is 18.9. The Hall–Kier alpha value is -7.27. The highest BCUT2D eigenvalue weighted by Crippen LogP contribution is 2.28. The number of phenolic OH excluding ortho intramolecular Hbond substituents is 1. The van der Waals surface area contributed by atoms with Crippen molar-refractivity contribution in [1.82, 2.24) is 59.7 Å². The molecule has 8 N–H and O–H groups in total. The van der Waals surface area contributed by atoms with Gasteiger partial charge in [-0.2, -0.15) is 15.0 Å². The fourth-order valence-corrected chi connectivity index (χ4v) is 9.05. The lowest BCUT2D eigenvalue weighted by Gasteiger charge is -2.38. The number of benzene rings is 2. The Balaban J connectivity index is 0.952. The summed E-state index contributed by atoms with van der Waals surface area (Å²) in [6.45, 7) is 9.79. The summed E-state index contributed by atoms with van der Waals surface area (Å²) >= 11 is 0. The number of ether oxygens (including phenoxy) is 3. The molecule has 2 aliphatic rings. The number of carbonyl (C=O) groups excluding carboxylic acids is 2. The minimum absolute atomic E-state index is 0.0469. The zero-order valence-corrected chi connectivity index (χ0v) is 42.7. The molecule has 2 aromatic carbocycles. The van der Waals surface area contributed by atoms with Crippen LogP contribution in [0.2, 0.25) is 0 Å². The van der Waals surface area contributed by atoms with E-state index in [9.17, 15) is 19.8 Å². The van der Waals surface area contributed by atoms with Crippen molar-refractivity contribution in [3.8, 4) is 18.1 Å². The monoisotopic (exact) mass is 1030 g/mol. The third-order valence-electron chi connectivity index (χ3n) is 13.5. The second kappa shape index (κ2) is 26.3. The van der Waals surface area contributed by atoms with Crippen LogP contribution in [-0.2, 0) is 36.6 Å². The number of aromatic amines is 1. The van der Waals surface area contributed by atoms with Gasteiger partial charge in [-0.3, -0.25) is 9.59 Å². The van der Waals surface area contributed by atoms with E-state index in [1.54, 1.807) is 33.9 Å². The van der Waals surface area contributed by atoms with E-state index < -0.39 is 24.2 Å². The maximum Gasteiger partial charge on any atom is 0.248 e. The largest absolute Gasteiger partial charge is 0.508 e. The number of nitrogens with zero attached hydrogens (tertiary/aromatic N) is 13. The number of hydrogen-bond donors (Lipinski definition) is 6. The SMILES string of the molecule is C#CCOCCOCCOCCNc1nc(N2CCN(C(=O)[C@H]([C@@H](C)CC)n3cc([C@@H](N)CO)nn3)CC2)nc(N2CCN(C(=O)[C@H](Cc3cc4ccccc4[nH]3)n3cc([C@@H](N)Cc4ccc(O)cc4)nn3)CC2)n1. The van der Waals surface area contributed by atoms with Crippen LogP contribution in [0, 0.1) is 18.3 Å². The van der Waals surface area contributed by atoms with Gasteiger partial charge in [0.15, 0.2) is 0 Å². The zero-order chi connectivity index (χ0) is 52.7. The molecule has 400 valence electrons. The van der Waals surface area contributed by atoms with E-state index in [4.69, 9.17) is 47.1 Å². The van der Waals surface area contributed by atoms with Crippen LogP contribution < -0.4 is 26.6 Å². The molecule has 4 aromatic heterocycles. The minimum atomic E-state index is -0.725. The number of H-pyrrole nitrogens is 1. The van der Waals surface area contributed by atoms with Gasteiger partial charge in [-0.1, -0.05) is 66.9 Å². The van der Waals surface area contributed by atoms with Gasteiger partial charge in [0.2, 0.25) is 29.7 Å². The molecule has 0 spiro atoms. The van der Waals surface area contributed by atoms with Crippen molar-refractivity contribution < 1.29 is 34.0 Å². The number of carbonyl (C=O) groups is 2. The van der Waals surface area contributed by atoms with Crippen molar-refractivity contribution in [3.05, 3.63) is 89.6 Å². The van der Waals surface area contributed by atoms with E-state index in [2.05, 4.69) is 47.8 Å². The third kappa shape index (κ3) is 14.1. The maximum absolute atomic E-state index is 14.8. The van der Waals surface area contributed by atoms with Gasteiger partial charge >= 0.3 is 0 Å². The fraction of sp³-hybridized carbons (Fsp3) is 0.510. The Labute approximate surface area is 435 Å². The Morgan fingerprint density at radius 1 is 0.773 bits per heavy atom. The molecule has 24 heteroatoms. The smallest absolute Gasteiger partial charge is 0.248 e. The van der Waals surface area contributed by atoms with E-state index in [-0.39, 0.29) is 36.7 Å². The number of anilines is 3. The molecular formula is C51H69N17O7. The molecule has 8 rings (SSSR count). The van der Waals surface area contributed by atoms with Gasteiger partial charge in [0.1, 0.15) is 30.1 Å². The molecule has 0 unspecified atom stereocenters. The summed E-state index contributed by atoms with van der Waals surface area (Å²) < 4.78 is 19.8. The number of aliphatic hydroxyl groups excluding tert-OH is 1. The van der Waals surface area contributed by atoms with Crippen molar-refractivity contribution in [2.24, 2.45) is 17.4 Å². The van der Waals surface area contributed by atoms with Crippen molar-refractivity contribution in [2.45, 2.75) is 57.3 Å². The maximum atomic E-state index is 14.8. The number of rotatable bonds is 26. The van der Waals surface area contributed by atoms with Crippen LogP contribution >= 0.6 is 0 Å². The van der Waals surface area contributed by atoms with E-state index >= 15 is 0 Å². The molecule has 0 aliphatic carbocycles. The lowest BCUT2D eigenvalue weighted by atomic mass is 9.97. The number of nitrogens with two attached hydrogens (primary N) is 2. The highest BCUT2D eigenvalue weighted by atomic mass is 16.5. The number of nitrogens with one attached hydrogen (secondary N) is 2. The molecule has 5 atom stereocenters. The Morgan fingerprint density at radius 2 is 1.37 bits per heavy atom. The van der Waals surface area contributed by atoms with Gasteiger partial charge in [-0.05, 0) is 47.6 Å². The van der Waals surface area contributed by atoms with E-state index in [1.165, 1.54) is 0 Å². The predicted molar refractivity (Wildman–Crippen MR) is 280 cm³/mol. The molecule has 2 saturated heterocycles. The lowest BCUT2D eigenvalue weighted by molar-refractivity contribution is -0.137. The first kappa shape index (κ1) is 54.0. The third-order valence-corrected chi connectivity index (χ3v) is 13.5. The minimum Gasteiger partial charge on any atom is -0.508 e. The van der Waals surface area contributed by atoms with Crippen molar-refractivity contribution in [2.75, 3.05) is 120 Å². The van der Waals surface area contributed by atoms with Crippen LogP contribution in [0.25, 0.3) is 10.9 Å². The number of fused-ring (bicyclic) bond motifs is 1. The number of amides is 2. The molecule has 6 heterocycles. The molecule has 2 fully saturated rings. The standard InChI is InChI=1S/C51H69N17O7/c1-4-23-73-25-27-75-28-26-74-24-14-54-49-56-50(58-51(57-49)66-21-17-64(18-22-66)48(72)46(35(3)5-2)68-33-44(60-62-68)41(53)34-69)65-19-15-63(16-20-65)47(71)45(31-38-30-37-8-6-7-9-42(37)55-38)67-32-43(59-61-67)40(52)29-36-10-12-39(70)13-11-36/h1,6-13,30,32-33,35,40-41,45-46,55,69-70H,5,14-29,31,34,52-53H2,2-3H3,(H,54,56,57,58)/t35-,40-,41-,45-,46-/m0/s1. The molecule has 75 heavy (non-hydrogen) atoms. The molecule has 2 aliphatic heterocycles. The summed E-state index contributed by atoms with van der Waals surface area (Å²) in [6, 6.07) is 14.4. The van der Waals surface area contributed by atoms with Crippen molar-refractivity contribution >= 4 is 40.6 Å². The molecule has 0 bridgehead atoms. The summed E-state index contributed by atoms with van der Waals surface area (Å²) in [5.74, 6) is 3.63. The van der Waals surface area contributed by atoms with Crippen LogP contribution in [0.1, 0.15) is 67.1 Å². The number of aromatic hydroxyl groups is 1. The van der Waals surface area contributed by atoms with Gasteiger partial charge in [0.05, 0.1) is 69.8 Å². The number of hydrogen-bond acceptors (Lipinski definition) is 19. The Morgan fingerprint density at radius 3 is 2.01 bits per heavy atom. The molecule has 24 nitrogen and oxygen atoms in total. The summed E-state index contributed by atoms with van der Waals surface area (Å²) in [4.78, 5) is 54.9. The first-order valence-corrected chi connectivity index (χ1v) is 25.6. The molecular weight excluding hydrogens is 963 g/mol. The van der Waals surface area contributed by atoms with Crippen LogP contribution in [0.3, 0.4) is 0 Å². The molecule has 2 amide bonds. The van der Waals surface area contributed by atoms with Crippen molar-refractivity contribution in [1.29, 1.82) is 0 Å². The van der Waals surface area contributed by atoms with Crippen LogP contribution in [0.5, 0.6) is 5.75 Å². The second-order valence-electron chi connectivity index (χ2n) is 18.7. The van der Waals surface area contributed by atoms with Crippen LogP contribution in [0.15, 0.2) is 67.0 Å². The number of phenols is 1. The first-order valence-electron chi connectivity index (χ1n) is 25.6. The topological polar surface area (TPSA) is 295 Å². The second-order valence-corrected chi connectivity index (χ2v) is 18.7. The van der Waals surface area contributed by atoms with Gasteiger partial charge < -0.3 is 65.8 Å². The molecule has 0 saturated carbocycles. The quantitative estimate of drug-likeness (QED) is 0.0332. The molecule has 0 radical (unpaired) electrons.